The number of allylic oxidation sites excluding steroid dienone is 2. The minimum absolute atomic E-state index is 0.0575. The number of imide groups is 1. The summed E-state index contributed by atoms with van der Waals surface area (Å²) in [6, 6.07) is 11.7. The maximum Gasteiger partial charge on any atom is 0.290 e. The average molecular weight is 556 g/mol. The molecule has 3 amide bonds. The van der Waals surface area contributed by atoms with E-state index in [0.29, 0.717) is 50.3 Å². The van der Waals surface area contributed by atoms with Crippen molar-refractivity contribution >= 4 is 57.4 Å². The van der Waals surface area contributed by atoms with E-state index in [1.165, 1.54) is 0 Å². The molecule has 2 saturated heterocycles. The lowest BCUT2D eigenvalue weighted by molar-refractivity contribution is -0.131. The second kappa shape index (κ2) is 12.3. The molecule has 1 N–H and O–H groups in total. The Kier molecular flexibility index (Phi) is 8.35. The topological polar surface area (TPSA) is 113 Å². The van der Waals surface area contributed by atoms with Crippen molar-refractivity contribution in [2.24, 2.45) is 0 Å². The van der Waals surface area contributed by atoms with Crippen LogP contribution < -0.4 is 10.2 Å². The Morgan fingerprint density at radius 1 is 1.02 bits per heavy atom. The van der Waals surface area contributed by atoms with Crippen molar-refractivity contribution in [2.45, 2.75) is 26.2 Å². The highest BCUT2D eigenvalue weighted by Gasteiger charge is 2.25. The molecule has 4 heterocycles. The van der Waals surface area contributed by atoms with Crippen LogP contribution in [0.4, 0.5) is 10.6 Å². The van der Waals surface area contributed by atoms with Gasteiger partial charge in [0, 0.05) is 62.4 Å². The maximum absolute atomic E-state index is 12.6. The molecule has 2 aliphatic heterocycles. The Labute approximate surface area is 236 Å². The Morgan fingerprint density at radius 3 is 2.55 bits per heavy atom. The van der Waals surface area contributed by atoms with Gasteiger partial charge in [0.2, 0.25) is 5.91 Å². The molecule has 0 saturated carbocycles. The molecule has 9 nitrogen and oxygen atoms in total. The number of amides is 3. The van der Waals surface area contributed by atoms with Gasteiger partial charge >= 0.3 is 0 Å². The molecule has 0 aliphatic carbocycles. The number of benzene rings is 1. The lowest BCUT2D eigenvalue weighted by atomic mass is 10.0. The van der Waals surface area contributed by atoms with Gasteiger partial charge < -0.3 is 9.80 Å². The molecular formula is C30H29N5O4S. The molecule has 2 aliphatic rings. The van der Waals surface area contributed by atoms with Crippen LogP contribution in [0.3, 0.4) is 0 Å². The minimum Gasteiger partial charge on any atom is -0.353 e. The zero-order chi connectivity index (χ0) is 28.1. The molecule has 5 rings (SSSR count). The van der Waals surface area contributed by atoms with Gasteiger partial charge in [-0.05, 0) is 78.7 Å². The molecule has 0 bridgehead atoms. The van der Waals surface area contributed by atoms with E-state index >= 15 is 0 Å². The first kappa shape index (κ1) is 27.3. The van der Waals surface area contributed by atoms with Crippen molar-refractivity contribution in [3.8, 4) is 11.1 Å². The number of piperazine rings is 1. The number of hydrogen-bond acceptors (Lipinski definition) is 8. The number of anilines is 1. The number of carbonyl (C=O) groups is 4. The van der Waals surface area contributed by atoms with Crippen molar-refractivity contribution < 1.29 is 19.2 Å². The quantitative estimate of drug-likeness (QED) is 0.402. The van der Waals surface area contributed by atoms with Crippen LogP contribution in [0.25, 0.3) is 28.1 Å². The van der Waals surface area contributed by atoms with E-state index in [9.17, 15) is 19.2 Å². The number of rotatable bonds is 8. The molecule has 40 heavy (non-hydrogen) atoms. The van der Waals surface area contributed by atoms with E-state index in [2.05, 4.69) is 15.2 Å². The van der Waals surface area contributed by atoms with Crippen molar-refractivity contribution in [2.75, 3.05) is 31.1 Å². The number of pyridine rings is 2. The highest BCUT2D eigenvalue weighted by molar-refractivity contribution is 8.18. The van der Waals surface area contributed by atoms with Crippen molar-refractivity contribution in [3.05, 3.63) is 71.4 Å². The van der Waals surface area contributed by atoms with Gasteiger partial charge in [-0.3, -0.25) is 29.5 Å². The Hall–Kier alpha value is -4.31. The number of thioether (sulfide) groups is 1. The second-order valence-electron chi connectivity index (χ2n) is 9.58. The standard InChI is InChI=1S/C30H29N5O4S/c1-2-4-22(36)5-3-6-28(37)35-15-13-34(14-16-35)27-10-8-21(19-32-27)23-11-12-31-25-9-7-20(17-24(23)25)18-26-29(38)33-30(39)40-26/h2,4,7-12,17-19H,3,5-6,13-16H2,1H3,(H,33,38,39). The first-order valence-corrected chi connectivity index (χ1v) is 14.0. The Morgan fingerprint density at radius 2 is 1.85 bits per heavy atom. The van der Waals surface area contributed by atoms with Crippen LogP contribution in [0.1, 0.15) is 31.7 Å². The average Bonchev–Trinajstić information content (AvgIpc) is 3.28. The van der Waals surface area contributed by atoms with Crippen molar-refractivity contribution in [1.29, 1.82) is 0 Å². The number of carbonyl (C=O) groups excluding carboxylic acids is 4. The van der Waals surface area contributed by atoms with Crippen LogP contribution in [0.2, 0.25) is 0 Å². The van der Waals surface area contributed by atoms with Gasteiger partial charge in [-0.1, -0.05) is 12.1 Å². The van der Waals surface area contributed by atoms with Crippen molar-refractivity contribution in [3.63, 3.8) is 0 Å². The summed E-state index contributed by atoms with van der Waals surface area (Å²) < 4.78 is 0. The predicted molar refractivity (Wildman–Crippen MR) is 157 cm³/mol. The van der Waals surface area contributed by atoms with E-state index in [1.807, 2.05) is 54.4 Å². The van der Waals surface area contributed by atoms with E-state index in [-0.39, 0.29) is 22.8 Å². The summed E-state index contributed by atoms with van der Waals surface area (Å²) in [5.41, 5.74) is 3.52. The van der Waals surface area contributed by atoms with Gasteiger partial charge in [0.25, 0.3) is 11.1 Å². The van der Waals surface area contributed by atoms with Gasteiger partial charge in [0.05, 0.1) is 10.4 Å². The number of ketones is 1. The third kappa shape index (κ3) is 6.28. The molecule has 0 unspecified atom stereocenters. The number of nitrogens with one attached hydrogen (secondary N) is 1. The van der Waals surface area contributed by atoms with Crippen LogP contribution in [0.15, 0.2) is 65.8 Å². The molecule has 204 valence electrons. The van der Waals surface area contributed by atoms with E-state index < -0.39 is 0 Å². The normalized spacial score (nSPS) is 16.8. The van der Waals surface area contributed by atoms with Crippen molar-refractivity contribution in [1.82, 2.24) is 20.2 Å². The van der Waals surface area contributed by atoms with Gasteiger partial charge in [-0.15, -0.1) is 0 Å². The fourth-order valence-corrected chi connectivity index (χ4v) is 5.52. The zero-order valence-corrected chi connectivity index (χ0v) is 22.9. The monoisotopic (exact) mass is 555 g/mol. The van der Waals surface area contributed by atoms with Gasteiger partial charge in [0.1, 0.15) is 5.82 Å². The van der Waals surface area contributed by atoms with E-state index in [0.717, 1.165) is 45.2 Å². The number of hydrogen-bond donors (Lipinski definition) is 1. The third-order valence-electron chi connectivity index (χ3n) is 6.89. The summed E-state index contributed by atoms with van der Waals surface area (Å²) in [5, 5.41) is 2.83. The molecule has 10 heteroatoms. The van der Waals surface area contributed by atoms with Crippen LogP contribution in [0, 0.1) is 0 Å². The lowest BCUT2D eigenvalue weighted by Gasteiger charge is -2.35. The largest absolute Gasteiger partial charge is 0.353 e. The SMILES string of the molecule is CC=CC(=O)CCCC(=O)N1CCN(c2ccc(-c3ccnc4ccc(C=C5SC(=O)NC5=O)cc34)cn2)CC1. The van der Waals surface area contributed by atoms with E-state index in [1.54, 1.807) is 24.4 Å². The molecule has 3 aromatic rings. The van der Waals surface area contributed by atoms with Gasteiger partial charge in [-0.2, -0.15) is 0 Å². The summed E-state index contributed by atoms with van der Waals surface area (Å²) in [6.45, 7) is 4.45. The maximum atomic E-state index is 12.6. The van der Waals surface area contributed by atoms with Crippen LogP contribution >= 0.6 is 11.8 Å². The fourth-order valence-electron chi connectivity index (χ4n) is 4.84. The number of aromatic nitrogens is 2. The minimum atomic E-state index is -0.386. The summed E-state index contributed by atoms with van der Waals surface area (Å²) >= 11 is 0.892. The highest BCUT2D eigenvalue weighted by Crippen LogP contribution is 2.31. The number of nitrogens with zero attached hydrogens (tertiary/aromatic N) is 4. The van der Waals surface area contributed by atoms with Gasteiger partial charge in [0.15, 0.2) is 5.78 Å². The summed E-state index contributed by atoms with van der Waals surface area (Å²) in [5.74, 6) is 0.616. The Bertz CT molecular complexity index is 1520. The van der Waals surface area contributed by atoms with Crippen LogP contribution in [0.5, 0.6) is 0 Å². The zero-order valence-electron chi connectivity index (χ0n) is 22.1. The Balaban J connectivity index is 1.24. The lowest BCUT2D eigenvalue weighted by Crippen LogP contribution is -2.49. The third-order valence-corrected chi connectivity index (χ3v) is 7.70. The predicted octanol–water partition coefficient (Wildman–Crippen LogP) is 4.58. The molecule has 0 radical (unpaired) electrons. The highest BCUT2D eigenvalue weighted by atomic mass is 32.2. The summed E-state index contributed by atoms with van der Waals surface area (Å²) in [6.07, 6.45) is 9.94. The van der Waals surface area contributed by atoms with E-state index in [4.69, 9.17) is 4.98 Å². The first-order chi connectivity index (χ1) is 19.4. The molecule has 0 atom stereocenters. The molecule has 2 fully saturated rings. The van der Waals surface area contributed by atoms with Gasteiger partial charge in [-0.25, -0.2) is 4.98 Å². The smallest absolute Gasteiger partial charge is 0.290 e. The summed E-state index contributed by atoms with van der Waals surface area (Å²) in [4.78, 5) is 61.2. The first-order valence-electron chi connectivity index (χ1n) is 13.2. The number of fused-ring (bicyclic) bond motifs is 1. The summed E-state index contributed by atoms with van der Waals surface area (Å²) in [7, 11) is 0. The molecule has 1 aromatic carbocycles. The molecular weight excluding hydrogens is 526 g/mol. The molecule has 0 spiro atoms. The fraction of sp³-hybridized carbons (Fsp3) is 0.267. The molecule has 2 aromatic heterocycles. The van der Waals surface area contributed by atoms with Crippen LogP contribution in [-0.2, 0) is 14.4 Å². The van der Waals surface area contributed by atoms with Crippen LogP contribution in [-0.4, -0.2) is 63.9 Å². The second-order valence-corrected chi connectivity index (χ2v) is 10.6.